The molecule has 1 saturated heterocycles. The molecule has 2 aliphatic rings. The molecule has 0 aromatic rings. The molecule has 5 heteroatoms. The van der Waals surface area contributed by atoms with Gasteiger partial charge in [-0.3, -0.25) is 0 Å². The van der Waals surface area contributed by atoms with Gasteiger partial charge in [0.1, 0.15) is 5.84 Å². The summed E-state index contributed by atoms with van der Waals surface area (Å²) in [4.78, 5) is 2.33. The van der Waals surface area contributed by atoms with Gasteiger partial charge in [-0.05, 0) is 32.7 Å². The van der Waals surface area contributed by atoms with Crippen molar-refractivity contribution in [3.8, 4) is 0 Å². The Balaban J connectivity index is 1.84. The van der Waals surface area contributed by atoms with Gasteiger partial charge in [-0.25, -0.2) is 0 Å². The molecule has 2 fully saturated rings. The summed E-state index contributed by atoms with van der Waals surface area (Å²) in [6.07, 6.45) is 7.90. The van der Waals surface area contributed by atoms with E-state index in [-0.39, 0.29) is 5.60 Å². The number of nitrogens with two attached hydrogens (primary N) is 1. The fraction of sp³-hybridized carbons (Fsp3) is 0.923. The van der Waals surface area contributed by atoms with Gasteiger partial charge < -0.3 is 20.6 Å². The molecule has 0 bridgehead atoms. The molecule has 1 saturated carbocycles. The third-order valence-corrected chi connectivity index (χ3v) is 4.45. The van der Waals surface area contributed by atoms with Crippen molar-refractivity contribution in [3.63, 3.8) is 0 Å². The molecular weight excluding hydrogens is 230 g/mol. The first-order chi connectivity index (χ1) is 8.65. The highest BCUT2D eigenvalue weighted by Crippen LogP contribution is 2.40. The Labute approximate surface area is 109 Å². The SMILES string of the molecule is CN(CCC(N)=NO)C1CCOC2(CCCC2)C1. The minimum absolute atomic E-state index is 0.161. The van der Waals surface area contributed by atoms with Gasteiger partial charge >= 0.3 is 0 Å². The van der Waals surface area contributed by atoms with Crippen molar-refractivity contribution in [3.05, 3.63) is 0 Å². The lowest BCUT2D eigenvalue weighted by Gasteiger charge is -2.41. The minimum Gasteiger partial charge on any atom is -0.409 e. The van der Waals surface area contributed by atoms with E-state index in [0.29, 0.717) is 18.3 Å². The molecule has 3 N–H and O–H groups in total. The van der Waals surface area contributed by atoms with E-state index in [1.165, 1.54) is 25.7 Å². The number of ether oxygens (including phenoxy) is 1. The zero-order valence-corrected chi connectivity index (χ0v) is 11.3. The van der Waals surface area contributed by atoms with Crippen LogP contribution in [-0.4, -0.2) is 47.8 Å². The Kier molecular flexibility index (Phi) is 4.45. The lowest BCUT2D eigenvalue weighted by atomic mass is 9.88. The molecule has 2 rings (SSSR count). The summed E-state index contributed by atoms with van der Waals surface area (Å²) in [6, 6.07) is 0.573. The molecule has 0 amide bonds. The minimum atomic E-state index is 0.161. The van der Waals surface area contributed by atoms with Crippen LogP contribution < -0.4 is 5.73 Å². The first kappa shape index (κ1) is 13.6. The largest absolute Gasteiger partial charge is 0.409 e. The molecule has 1 aliphatic carbocycles. The highest BCUT2D eigenvalue weighted by molar-refractivity contribution is 5.79. The quantitative estimate of drug-likeness (QED) is 0.346. The van der Waals surface area contributed by atoms with Crippen LogP contribution in [0.15, 0.2) is 5.16 Å². The van der Waals surface area contributed by atoms with Crippen molar-refractivity contribution in [1.29, 1.82) is 0 Å². The first-order valence-electron chi connectivity index (χ1n) is 6.96. The zero-order chi connectivity index (χ0) is 13.0. The van der Waals surface area contributed by atoms with E-state index < -0.39 is 0 Å². The number of oxime groups is 1. The monoisotopic (exact) mass is 255 g/mol. The molecule has 104 valence electrons. The molecular formula is C13H25N3O2. The van der Waals surface area contributed by atoms with Crippen molar-refractivity contribution in [1.82, 2.24) is 4.90 Å². The van der Waals surface area contributed by atoms with Gasteiger partial charge in [-0.15, -0.1) is 0 Å². The number of hydrogen-bond donors (Lipinski definition) is 2. The molecule has 18 heavy (non-hydrogen) atoms. The summed E-state index contributed by atoms with van der Waals surface area (Å²) >= 11 is 0. The van der Waals surface area contributed by atoms with E-state index in [9.17, 15) is 0 Å². The van der Waals surface area contributed by atoms with Crippen molar-refractivity contribution < 1.29 is 9.94 Å². The van der Waals surface area contributed by atoms with Crippen molar-refractivity contribution in [2.24, 2.45) is 10.9 Å². The van der Waals surface area contributed by atoms with Crippen LogP contribution in [-0.2, 0) is 4.74 Å². The van der Waals surface area contributed by atoms with Crippen LogP contribution in [0.25, 0.3) is 0 Å². The highest BCUT2D eigenvalue weighted by atomic mass is 16.5. The second-order valence-electron chi connectivity index (χ2n) is 5.71. The molecule has 0 radical (unpaired) electrons. The van der Waals surface area contributed by atoms with Gasteiger partial charge in [0, 0.05) is 25.6 Å². The van der Waals surface area contributed by atoms with Crippen LogP contribution in [0.4, 0.5) is 0 Å². The fourth-order valence-corrected chi connectivity index (χ4v) is 3.27. The first-order valence-corrected chi connectivity index (χ1v) is 6.96. The number of hydrogen-bond acceptors (Lipinski definition) is 4. The summed E-state index contributed by atoms with van der Waals surface area (Å²) in [7, 11) is 2.13. The van der Waals surface area contributed by atoms with Crippen LogP contribution in [0, 0.1) is 0 Å². The Hall–Kier alpha value is -0.810. The van der Waals surface area contributed by atoms with E-state index >= 15 is 0 Å². The van der Waals surface area contributed by atoms with Gasteiger partial charge in [-0.2, -0.15) is 0 Å². The third kappa shape index (κ3) is 3.14. The van der Waals surface area contributed by atoms with Crippen LogP contribution in [0.5, 0.6) is 0 Å². The van der Waals surface area contributed by atoms with Crippen molar-refractivity contribution in [2.75, 3.05) is 20.2 Å². The lowest BCUT2D eigenvalue weighted by molar-refractivity contribution is -0.0984. The smallest absolute Gasteiger partial charge is 0.140 e. The van der Waals surface area contributed by atoms with E-state index in [0.717, 1.165) is 26.0 Å². The summed E-state index contributed by atoms with van der Waals surface area (Å²) in [6.45, 7) is 1.72. The zero-order valence-electron chi connectivity index (χ0n) is 11.3. The maximum atomic E-state index is 8.55. The number of amidine groups is 1. The fourth-order valence-electron chi connectivity index (χ4n) is 3.27. The maximum absolute atomic E-state index is 8.55. The van der Waals surface area contributed by atoms with Gasteiger partial charge in [0.2, 0.25) is 0 Å². The van der Waals surface area contributed by atoms with Gasteiger partial charge in [-0.1, -0.05) is 18.0 Å². The van der Waals surface area contributed by atoms with Gasteiger partial charge in [0.15, 0.2) is 0 Å². The molecule has 0 aromatic carbocycles. The molecule has 5 nitrogen and oxygen atoms in total. The van der Waals surface area contributed by atoms with Gasteiger partial charge in [0.25, 0.3) is 0 Å². The van der Waals surface area contributed by atoms with Crippen LogP contribution >= 0.6 is 0 Å². The van der Waals surface area contributed by atoms with Crippen molar-refractivity contribution in [2.45, 2.75) is 56.6 Å². The number of rotatable bonds is 4. The predicted octanol–water partition coefficient (Wildman–Crippen LogP) is 1.55. The Morgan fingerprint density at radius 3 is 2.89 bits per heavy atom. The average molecular weight is 255 g/mol. The second kappa shape index (κ2) is 5.89. The normalized spacial score (nSPS) is 28.1. The summed E-state index contributed by atoms with van der Waals surface area (Å²) < 4.78 is 6.04. The van der Waals surface area contributed by atoms with Gasteiger partial charge in [0.05, 0.1) is 5.60 Å². The second-order valence-corrected chi connectivity index (χ2v) is 5.71. The van der Waals surface area contributed by atoms with Crippen LogP contribution in [0.3, 0.4) is 0 Å². The molecule has 1 atom stereocenters. The van der Waals surface area contributed by atoms with Crippen molar-refractivity contribution >= 4 is 5.84 Å². The molecule has 1 unspecified atom stereocenters. The molecule has 1 spiro atoms. The maximum Gasteiger partial charge on any atom is 0.140 e. The summed E-state index contributed by atoms with van der Waals surface area (Å²) in [5, 5.41) is 11.6. The standard InChI is InChI=1S/C13H25N3O2/c1-16(8-4-12(14)15-17)11-5-9-18-13(10-11)6-2-3-7-13/h11,17H,2-10H2,1H3,(H2,14,15). The van der Waals surface area contributed by atoms with E-state index in [1.807, 2.05) is 0 Å². The van der Waals surface area contributed by atoms with E-state index in [4.69, 9.17) is 15.7 Å². The van der Waals surface area contributed by atoms with Crippen LogP contribution in [0.2, 0.25) is 0 Å². The lowest BCUT2D eigenvalue weighted by Crippen LogP contribution is -2.46. The molecule has 0 aromatic heterocycles. The highest BCUT2D eigenvalue weighted by Gasteiger charge is 2.40. The Bertz CT molecular complexity index is 301. The summed E-state index contributed by atoms with van der Waals surface area (Å²) in [5.74, 6) is 0.310. The molecule has 1 heterocycles. The van der Waals surface area contributed by atoms with E-state index in [1.54, 1.807) is 0 Å². The Morgan fingerprint density at radius 1 is 1.50 bits per heavy atom. The summed E-state index contributed by atoms with van der Waals surface area (Å²) in [5.41, 5.74) is 5.68. The average Bonchev–Trinajstić information content (AvgIpc) is 2.83. The Morgan fingerprint density at radius 2 is 2.22 bits per heavy atom. The topological polar surface area (TPSA) is 71.1 Å². The third-order valence-electron chi connectivity index (χ3n) is 4.45. The van der Waals surface area contributed by atoms with Crippen LogP contribution in [0.1, 0.15) is 44.9 Å². The predicted molar refractivity (Wildman–Crippen MR) is 70.8 cm³/mol. The van der Waals surface area contributed by atoms with E-state index in [2.05, 4.69) is 17.1 Å². The number of nitrogens with zero attached hydrogens (tertiary/aromatic N) is 2. The molecule has 1 aliphatic heterocycles.